The minimum atomic E-state index is -0.491. The summed E-state index contributed by atoms with van der Waals surface area (Å²) in [7, 11) is 0. The predicted molar refractivity (Wildman–Crippen MR) is 72.6 cm³/mol. The van der Waals surface area contributed by atoms with Crippen molar-refractivity contribution in [1.82, 2.24) is 5.32 Å². The van der Waals surface area contributed by atoms with E-state index in [1.165, 1.54) is 10.4 Å². The summed E-state index contributed by atoms with van der Waals surface area (Å²) in [6.45, 7) is 3.76. The van der Waals surface area contributed by atoms with Crippen LogP contribution in [0.25, 0.3) is 0 Å². The highest BCUT2D eigenvalue weighted by molar-refractivity contribution is 7.10. The van der Waals surface area contributed by atoms with Crippen LogP contribution in [0.1, 0.15) is 43.2 Å². The van der Waals surface area contributed by atoms with Crippen LogP contribution in [-0.4, -0.2) is 11.8 Å². The Kier molecular flexibility index (Phi) is 3.79. The lowest BCUT2D eigenvalue weighted by molar-refractivity contribution is -0.129. The second kappa shape index (κ2) is 4.99. The molecule has 4 heteroatoms. The summed E-state index contributed by atoms with van der Waals surface area (Å²) < 4.78 is 0. The van der Waals surface area contributed by atoms with E-state index in [1.54, 1.807) is 11.3 Å². The number of amides is 1. The van der Waals surface area contributed by atoms with E-state index < -0.39 is 5.41 Å². The molecule has 0 aliphatic heterocycles. The zero-order valence-corrected chi connectivity index (χ0v) is 11.8. The Morgan fingerprint density at radius 1 is 1.65 bits per heavy atom. The number of hydrogen-bond donors (Lipinski definition) is 1. The van der Waals surface area contributed by atoms with E-state index in [1.807, 2.05) is 13.8 Å². The molecule has 1 aliphatic rings. The highest BCUT2D eigenvalue weighted by atomic mass is 35.5. The Bertz CT molecular complexity index is 413. The minimum Gasteiger partial charge on any atom is -0.349 e. The van der Waals surface area contributed by atoms with Crippen LogP contribution < -0.4 is 5.32 Å². The van der Waals surface area contributed by atoms with E-state index in [0.717, 1.165) is 19.3 Å². The molecule has 1 aliphatic carbocycles. The summed E-state index contributed by atoms with van der Waals surface area (Å²) in [6.07, 6.45) is 3.34. The molecule has 0 spiro atoms. The summed E-state index contributed by atoms with van der Waals surface area (Å²) >= 11 is 7.62. The first-order valence-corrected chi connectivity index (χ1v) is 7.39. The fraction of sp³-hybridized carbons (Fsp3) is 0.615. The number of carbonyl (C=O) groups is 1. The van der Waals surface area contributed by atoms with Gasteiger partial charge in [0.05, 0.1) is 11.5 Å². The van der Waals surface area contributed by atoms with Crippen molar-refractivity contribution in [3.05, 3.63) is 21.9 Å². The average Bonchev–Trinajstić information content (AvgIpc) is 2.78. The number of carbonyl (C=O) groups excluding carboxylic acids is 1. The van der Waals surface area contributed by atoms with Crippen molar-refractivity contribution in [3.8, 4) is 0 Å². The maximum atomic E-state index is 12.1. The monoisotopic (exact) mass is 271 g/mol. The molecule has 0 radical (unpaired) electrons. The minimum absolute atomic E-state index is 0.0524. The molecule has 0 saturated carbocycles. The van der Waals surface area contributed by atoms with Crippen LogP contribution in [0.3, 0.4) is 0 Å². The van der Waals surface area contributed by atoms with E-state index in [2.05, 4.69) is 16.8 Å². The predicted octanol–water partition coefficient (Wildman–Crippen LogP) is 3.51. The molecule has 0 aromatic carbocycles. The second-order valence-corrected chi connectivity index (χ2v) is 6.50. The van der Waals surface area contributed by atoms with Gasteiger partial charge in [0.15, 0.2) is 0 Å². The second-order valence-electron chi connectivity index (χ2n) is 5.23. The first kappa shape index (κ1) is 12.9. The summed E-state index contributed by atoms with van der Waals surface area (Å²) in [4.78, 5) is 13.5. The standard InChI is InChI=1S/C13H18ClNOS/c1-13(2,8-14)12(16)15-10-4-3-5-11-9(10)6-7-17-11/h6-7,10H,3-5,8H2,1-2H3,(H,15,16). The highest BCUT2D eigenvalue weighted by Gasteiger charge is 2.30. The molecular formula is C13H18ClNOS. The lowest BCUT2D eigenvalue weighted by atomic mass is 9.90. The van der Waals surface area contributed by atoms with Gasteiger partial charge in [0, 0.05) is 10.8 Å². The van der Waals surface area contributed by atoms with Crippen molar-refractivity contribution in [2.45, 2.75) is 39.2 Å². The van der Waals surface area contributed by atoms with Crippen LogP contribution in [0.15, 0.2) is 11.4 Å². The lowest BCUT2D eigenvalue weighted by Gasteiger charge is -2.28. The van der Waals surface area contributed by atoms with Crippen molar-refractivity contribution in [2.75, 3.05) is 5.88 Å². The summed E-state index contributed by atoms with van der Waals surface area (Å²) in [5.74, 6) is 0.402. The third kappa shape index (κ3) is 2.66. The molecule has 17 heavy (non-hydrogen) atoms. The first-order chi connectivity index (χ1) is 8.04. The molecule has 0 saturated heterocycles. The smallest absolute Gasteiger partial charge is 0.227 e. The lowest BCUT2D eigenvalue weighted by Crippen LogP contribution is -2.40. The van der Waals surface area contributed by atoms with Crippen LogP contribution >= 0.6 is 22.9 Å². The maximum Gasteiger partial charge on any atom is 0.227 e. The van der Waals surface area contributed by atoms with Crippen LogP contribution in [0, 0.1) is 5.41 Å². The van der Waals surface area contributed by atoms with Gasteiger partial charge >= 0.3 is 0 Å². The van der Waals surface area contributed by atoms with Crippen LogP contribution in [0.2, 0.25) is 0 Å². The molecule has 1 atom stereocenters. The van der Waals surface area contributed by atoms with Gasteiger partial charge in [-0.2, -0.15) is 0 Å². The van der Waals surface area contributed by atoms with Gasteiger partial charge in [0.25, 0.3) is 0 Å². The van der Waals surface area contributed by atoms with E-state index in [0.29, 0.717) is 5.88 Å². The van der Waals surface area contributed by atoms with Crippen molar-refractivity contribution < 1.29 is 4.79 Å². The number of aryl methyl sites for hydroxylation is 1. The van der Waals surface area contributed by atoms with E-state index in [4.69, 9.17) is 11.6 Å². The third-order valence-corrected chi connectivity index (χ3v) is 4.97. The SMILES string of the molecule is CC(C)(CCl)C(=O)NC1CCCc2sccc21. The molecule has 1 amide bonds. The molecule has 2 nitrogen and oxygen atoms in total. The summed E-state index contributed by atoms with van der Waals surface area (Å²) in [5, 5.41) is 5.25. The summed E-state index contributed by atoms with van der Waals surface area (Å²) in [5.41, 5.74) is 0.815. The molecule has 1 heterocycles. The fourth-order valence-corrected chi connectivity index (χ4v) is 3.16. The van der Waals surface area contributed by atoms with E-state index in [-0.39, 0.29) is 11.9 Å². The van der Waals surface area contributed by atoms with Gasteiger partial charge in [0.1, 0.15) is 0 Å². The van der Waals surface area contributed by atoms with Gasteiger partial charge in [-0.15, -0.1) is 22.9 Å². The number of nitrogens with one attached hydrogen (secondary N) is 1. The van der Waals surface area contributed by atoms with Gasteiger partial charge in [-0.25, -0.2) is 0 Å². The number of hydrogen-bond acceptors (Lipinski definition) is 2. The zero-order valence-electron chi connectivity index (χ0n) is 10.3. The molecule has 1 N–H and O–H groups in total. The van der Waals surface area contributed by atoms with E-state index in [9.17, 15) is 4.79 Å². The largest absolute Gasteiger partial charge is 0.349 e. The van der Waals surface area contributed by atoms with Crippen LogP contribution in [-0.2, 0) is 11.2 Å². The number of fused-ring (bicyclic) bond motifs is 1. The first-order valence-electron chi connectivity index (χ1n) is 5.98. The van der Waals surface area contributed by atoms with Crippen molar-refractivity contribution >= 4 is 28.8 Å². The average molecular weight is 272 g/mol. The molecule has 2 rings (SSSR count). The summed E-state index contributed by atoms with van der Waals surface area (Å²) in [6, 6.07) is 2.32. The van der Waals surface area contributed by atoms with Crippen molar-refractivity contribution in [1.29, 1.82) is 0 Å². The van der Waals surface area contributed by atoms with Gasteiger partial charge in [0.2, 0.25) is 5.91 Å². The molecule has 0 bridgehead atoms. The van der Waals surface area contributed by atoms with Gasteiger partial charge in [-0.1, -0.05) is 0 Å². The Hall–Kier alpha value is -0.540. The Morgan fingerprint density at radius 2 is 2.41 bits per heavy atom. The van der Waals surface area contributed by atoms with Crippen LogP contribution in [0.5, 0.6) is 0 Å². The van der Waals surface area contributed by atoms with Gasteiger partial charge in [-0.05, 0) is 50.1 Å². The maximum absolute atomic E-state index is 12.1. The zero-order chi connectivity index (χ0) is 12.5. The quantitative estimate of drug-likeness (QED) is 0.838. The molecular weight excluding hydrogens is 254 g/mol. The Balaban J connectivity index is 2.09. The topological polar surface area (TPSA) is 29.1 Å². The van der Waals surface area contributed by atoms with E-state index >= 15 is 0 Å². The number of rotatable bonds is 3. The van der Waals surface area contributed by atoms with Crippen molar-refractivity contribution in [2.24, 2.45) is 5.41 Å². The highest BCUT2D eigenvalue weighted by Crippen LogP contribution is 2.34. The molecule has 1 aromatic rings. The fourth-order valence-electron chi connectivity index (χ4n) is 2.05. The number of alkyl halides is 1. The molecule has 94 valence electrons. The Labute approximate surface area is 111 Å². The molecule has 1 unspecified atom stereocenters. The third-order valence-electron chi connectivity index (χ3n) is 3.31. The Morgan fingerprint density at radius 3 is 3.12 bits per heavy atom. The van der Waals surface area contributed by atoms with Gasteiger partial charge in [-0.3, -0.25) is 4.79 Å². The normalized spacial score (nSPS) is 19.8. The van der Waals surface area contributed by atoms with Crippen LogP contribution in [0.4, 0.5) is 0 Å². The molecule has 0 fully saturated rings. The molecule has 1 aromatic heterocycles. The number of thiophene rings is 1. The van der Waals surface area contributed by atoms with Crippen molar-refractivity contribution in [3.63, 3.8) is 0 Å². The van der Waals surface area contributed by atoms with Gasteiger partial charge < -0.3 is 5.32 Å². The number of halogens is 1.